The number of amides is 2. The number of urea groups is 1. The minimum Gasteiger partial charge on any atom is -0.338 e. The number of carbonyl (C=O) groups excluding carboxylic acids is 1. The maximum absolute atomic E-state index is 11.8. The Kier molecular flexibility index (Phi) is 6.64. The van der Waals surface area contributed by atoms with E-state index in [4.69, 9.17) is 0 Å². The summed E-state index contributed by atoms with van der Waals surface area (Å²) in [6, 6.07) is 0.919. The van der Waals surface area contributed by atoms with Crippen LogP contribution in [0.3, 0.4) is 0 Å². The fraction of sp³-hybridized carbons (Fsp3) is 0.800. The molecule has 1 saturated heterocycles. The number of rotatable bonds is 7. The second-order valence-electron chi connectivity index (χ2n) is 6.08. The van der Waals surface area contributed by atoms with Gasteiger partial charge in [0.05, 0.1) is 0 Å². The summed E-state index contributed by atoms with van der Waals surface area (Å²) in [6.07, 6.45) is 7.90. The number of piperidine rings is 1. The van der Waals surface area contributed by atoms with E-state index in [1.54, 1.807) is 11.0 Å². The van der Waals surface area contributed by atoms with Crippen molar-refractivity contribution in [2.45, 2.75) is 58.2 Å². The number of hydrogen-bond donors (Lipinski definition) is 2. The lowest BCUT2D eigenvalue weighted by Gasteiger charge is -2.38. The first kappa shape index (κ1) is 16.7. The quantitative estimate of drug-likeness (QED) is 0.743. The summed E-state index contributed by atoms with van der Waals surface area (Å²) in [6.45, 7) is 7.71. The van der Waals surface area contributed by atoms with Crippen molar-refractivity contribution in [2.75, 3.05) is 19.6 Å². The molecule has 1 fully saturated rings. The number of likely N-dealkylation sites (tertiary alicyclic amines) is 1. The van der Waals surface area contributed by atoms with Crippen molar-refractivity contribution in [3.63, 3.8) is 0 Å². The zero-order chi connectivity index (χ0) is 15.8. The fourth-order valence-corrected chi connectivity index (χ4v) is 2.99. The van der Waals surface area contributed by atoms with Gasteiger partial charge in [-0.25, -0.2) is 9.78 Å². The number of hydrogen-bond acceptors (Lipinski definition) is 4. The van der Waals surface area contributed by atoms with Crippen LogP contribution in [-0.2, 0) is 6.54 Å². The van der Waals surface area contributed by atoms with Crippen molar-refractivity contribution in [3.8, 4) is 0 Å². The van der Waals surface area contributed by atoms with E-state index in [2.05, 4.69) is 39.5 Å². The predicted molar refractivity (Wildman–Crippen MR) is 85.5 cm³/mol. The standard InChI is InChI=1S/C15H28N6O/c1-13-6-3-4-9-21(13)14(2)10-18-15(22)17-7-5-8-20-12-16-11-19-20/h11-14H,3-10H2,1-2H3,(H2,17,18,22). The van der Waals surface area contributed by atoms with Gasteiger partial charge in [-0.05, 0) is 39.7 Å². The number of carbonyl (C=O) groups is 1. The molecule has 1 aromatic heterocycles. The Balaban J connectivity index is 1.56. The molecule has 0 aliphatic carbocycles. The summed E-state index contributed by atoms with van der Waals surface area (Å²) in [5.74, 6) is 0. The van der Waals surface area contributed by atoms with Crippen LogP contribution in [0.2, 0.25) is 0 Å². The molecule has 2 heterocycles. The molecule has 2 amide bonds. The molecule has 1 aliphatic heterocycles. The van der Waals surface area contributed by atoms with E-state index in [-0.39, 0.29) is 6.03 Å². The highest BCUT2D eigenvalue weighted by atomic mass is 16.2. The van der Waals surface area contributed by atoms with Gasteiger partial charge in [0.1, 0.15) is 12.7 Å². The topological polar surface area (TPSA) is 75.1 Å². The summed E-state index contributed by atoms with van der Waals surface area (Å²) in [5, 5.41) is 9.87. The second kappa shape index (κ2) is 8.73. The molecular formula is C15H28N6O. The molecule has 0 saturated carbocycles. The summed E-state index contributed by atoms with van der Waals surface area (Å²) in [5.41, 5.74) is 0. The summed E-state index contributed by atoms with van der Waals surface area (Å²) >= 11 is 0. The van der Waals surface area contributed by atoms with Gasteiger partial charge in [-0.3, -0.25) is 9.58 Å². The van der Waals surface area contributed by atoms with Crippen LogP contribution in [0, 0.1) is 0 Å². The maximum Gasteiger partial charge on any atom is 0.314 e. The first-order chi connectivity index (χ1) is 10.7. The van der Waals surface area contributed by atoms with Gasteiger partial charge in [0.15, 0.2) is 0 Å². The average Bonchev–Trinajstić information content (AvgIpc) is 3.03. The van der Waals surface area contributed by atoms with Crippen molar-refractivity contribution in [2.24, 2.45) is 0 Å². The second-order valence-corrected chi connectivity index (χ2v) is 6.08. The van der Waals surface area contributed by atoms with Crippen molar-refractivity contribution >= 4 is 6.03 Å². The predicted octanol–water partition coefficient (Wildman–Crippen LogP) is 1.23. The molecule has 0 bridgehead atoms. The van der Waals surface area contributed by atoms with Crippen LogP contribution in [0.5, 0.6) is 0 Å². The summed E-state index contributed by atoms with van der Waals surface area (Å²) in [7, 11) is 0. The van der Waals surface area contributed by atoms with Gasteiger partial charge in [-0.2, -0.15) is 5.10 Å². The average molecular weight is 308 g/mol. The molecule has 1 aromatic rings. The Morgan fingerprint density at radius 1 is 1.41 bits per heavy atom. The molecule has 2 N–H and O–H groups in total. The highest BCUT2D eigenvalue weighted by Crippen LogP contribution is 2.18. The van der Waals surface area contributed by atoms with Gasteiger partial charge in [0.2, 0.25) is 0 Å². The van der Waals surface area contributed by atoms with Crippen LogP contribution in [0.4, 0.5) is 4.79 Å². The maximum atomic E-state index is 11.8. The smallest absolute Gasteiger partial charge is 0.314 e. The van der Waals surface area contributed by atoms with E-state index < -0.39 is 0 Å². The molecule has 0 spiro atoms. The van der Waals surface area contributed by atoms with E-state index in [0.717, 1.165) is 19.5 Å². The Morgan fingerprint density at radius 3 is 3.00 bits per heavy atom. The zero-order valence-corrected chi connectivity index (χ0v) is 13.7. The van der Waals surface area contributed by atoms with E-state index >= 15 is 0 Å². The molecule has 0 radical (unpaired) electrons. The lowest BCUT2D eigenvalue weighted by molar-refractivity contribution is 0.114. The number of nitrogens with one attached hydrogen (secondary N) is 2. The van der Waals surface area contributed by atoms with E-state index in [1.165, 1.54) is 25.6 Å². The highest BCUT2D eigenvalue weighted by molar-refractivity contribution is 5.73. The van der Waals surface area contributed by atoms with Crippen molar-refractivity contribution in [1.82, 2.24) is 30.3 Å². The van der Waals surface area contributed by atoms with Crippen LogP contribution in [0.25, 0.3) is 0 Å². The molecule has 7 nitrogen and oxygen atoms in total. The third-order valence-corrected chi connectivity index (χ3v) is 4.29. The lowest BCUT2D eigenvalue weighted by Crippen LogP contribution is -2.49. The molecule has 2 rings (SSSR count). The SMILES string of the molecule is CC1CCCCN1C(C)CNC(=O)NCCCn1cncn1. The molecule has 1 aliphatic rings. The van der Waals surface area contributed by atoms with E-state index in [9.17, 15) is 4.79 Å². The first-order valence-electron chi connectivity index (χ1n) is 8.26. The fourth-order valence-electron chi connectivity index (χ4n) is 2.99. The summed E-state index contributed by atoms with van der Waals surface area (Å²) in [4.78, 5) is 18.2. The molecule has 22 heavy (non-hydrogen) atoms. The van der Waals surface area contributed by atoms with Crippen LogP contribution < -0.4 is 10.6 Å². The van der Waals surface area contributed by atoms with E-state index in [0.29, 0.717) is 25.2 Å². The monoisotopic (exact) mass is 308 g/mol. The number of nitrogens with zero attached hydrogens (tertiary/aromatic N) is 4. The van der Waals surface area contributed by atoms with Crippen molar-refractivity contribution < 1.29 is 4.79 Å². The Morgan fingerprint density at radius 2 is 2.27 bits per heavy atom. The minimum atomic E-state index is -0.0879. The van der Waals surface area contributed by atoms with Gasteiger partial charge in [-0.15, -0.1) is 0 Å². The Labute approximate surface area is 132 Å². The van der Waals surface area contributed by atoms with Gasteiger partial charge in [-0.1, -0.05) is 6.42 Å². The minimum absolute atomic E-state index is 0.0879. The molecule has 7 heteroatoms. The number of aryl methyl sites for hydroxylation is 1. The Bertz CT molecular complexity index is 435. The molecule has 0 aromatic carbocycles. The van der Waals surface area contributed by atoms with Crippen molar-refractivity contribution in [3.05, 3.63) is 12.7 Å². The van der Waals surface area contributed by atoms with Crippen LogP contribution in [0.15, 0.2) is 12.7 Å². The number of aromatic nitrogens is 3. The molecule has 2 unspecified atom stereocenters. The van der Waals surface area contributed by atoms with Crippen LogP contribution in [0.1, 0.15) is 39.5 Å². The molecule has 124 valence electrons. The normalized spacial score (nSPS) is 20.5. The van der Waals surface area contributed by atoms with E-state index in [1.807, 2.05) is 0 Å². The summed E-state index contributed by atoms with van der Waals surface area (Å²) < 4.78 is 1.76. The van der Waals surface area contributed by atoms with Gasteiger partial charge in [0.25, 0.3) is 0 Å². The zero-order valence-electron chi connectivity index (χ0n) is 13.7. The van der Waals surface area contributed by atoms with Crippen molar-refractivity contribution in [1.29, 1.82) is 0 Å². The molecular weight excluding hydrogens is 280 g/mol. The van der Waals surface area contributed by atoms with Crippen LogP contribution in [-0.4, -0.2) is 57.4 Å². The lowest BCUT2D eigenvalue weighted by atomic mass is 10.0. The first-order valence-corrected chi connectivity index (χ1v) is 8.26. The third kappa shape index (κ3) is 5.29. The largest absolute Gasteiger partial charge is 0.338 e. The van der Waals surface area contributed by atoms with Gasteiger partial charge < -0.3 is 10.6 Å². The van der Waals surface area contributed by atoms with Crippen LogP contribution >= 0.6 is 0 Å². The highest BCUT2D eigenvalue weighted by Gasteiger charge is 2.23. The third-order valence-electron chi connectivity index (χ3n) is 4.29. The van der Waals surface area contributed by atoms with Gasteiger partial charge in [0, 0.05) is 31.7 Å². The van der Waals surface area contributed by atoms with Gasteiger partial charge >= 0.3 is 6.03 Å². The Hall–Kier alpha value is -1.63. The molecule has 2 atom stereocenters.